The Balaban J connectivity index is 2.15. The maximum absolute atomic E-state index is 6.39. The van der Waals surface area contributed by atoms with Gasteiger partial charge in [0.05, 0.1) is 5.02 Å². The topological polar surface area (TPSA) is 12.0 Å². The van der Waals surface area contributed by atoms with Gasteiger partial charge in [0.25, 0.3) is 0 Å². The van der Waals surface area contributed by atoms with Gasteiger partial charge in [-0.25, -0.2) is 0 Å². The average molecular weight is 385 g/mol. The second-order valence-electron chi connectivity index (χ2n) is 5.31. The van der Waals surface area contributed by atoms with Crippen LogP contribution in [0.2, 0.25) is 5.02 Å². The molecular weight excluding hydrogens is 366 g/mol. The van der Waals surface area contributed by atoms with E-state index < -0.39 is 0 Å². The Morgan fingerprint density at radius 3 is 2.52 bits per heavy atom. The number of hydrogen-bond donors (Lipinski definition) is 1. The molecule has 0 radical (unpaired) electrons. The Bertz CT molecular complexity index is 584. The first-order chi connectivity index (χ1) is 10.1. The number of benzene rings is 2. The fourth-order valence-corrected chi connectivity index (χ4v) is 3.44. The van der Waals surface area contributed by atoms with Crippen molar-refractivity contribution in [3.05, 3.63) is 57.5 Å². The van der Waals surface area contributed by atoms with E-state index in [4.69, 9.17) is 11.6 Å². The average Bonchev–Trinajstić information content (AvgIpc) is 2.44. The van der Waals surface area contributed by atoms with Crippen LogP contribution in [0.4, 0.5) is 0 Å². The van der Waals surface area contributed by atoms with Gasteiger partial charge in [0.2, 0.25) is 0 Å². The molecule has 0 unspecified atom stereocenters. The van der Waals surface area contributed by atoms with Crippen LogP contribution in [0.15, 0.2) is 56.7 Å². The van der Waals surface area contributed by atoms with Crippen LogP contribution < -0.4 is 5.32 Å². The van der Waals surface area contributed by atoms with E-state index in [-0.39, 0.29) is 0 Å². The van der Waals surface area contributed by atoms with Crippen molar-refractivity contribution in [1.29, 1.82) is 0 Å². The van der Waals surface area contributed by atoms with Crippen LogP contribution in [-0.4, -0.2) is 6.54 Å². The van der Waals surface area contributed by atoms with Crippen LogP contribution in [0.1, 0.15) is 19.4 Å². The molecule has 112 valence electrons. The van der Waals surface area contributed by atoms with Gasteiger partial charge >= 0.3 is 0 Å². The van der Waals surface area contributed by atoms with Gasteiger partial charge in [0.1, 0.15) is 0 Å². The lowest BCUT2D eigenvalue weighted by atomic mass is 10.2. The smallest absolute Gasteiger partial charge is 0.0548 e. The minimum absolute atomic E-state index is 0.645. The van der Waals surface area contributed by atoms with Crippen LogP contribution in [0.5, 0.6) is 0 Å². The second-order valence-corrected chi connectivity index (χ2v) is 7.72. The van der Waals surface area contributed by atoms with Crippen molar-refractivity contribution in [2.75, 3.05) is 6.54 Å². The van der Waals surface area contributed by atoms with Gasteiger partial charge < -0.3 is 5.32 Å². The molecule has 1 nitrogen and oxygen atoms in total. The molecule has 0 aromatic heterocycles. The van der Waals surface area contributed by atoms with Crippen molar-refractivity contribution < 1.29 is 0 Å². The molecule has 0 atom stereocenters. The SMILES string of the molecule is CC(C)CNCc1cccc(Cl)c1Sc1ccc(Br)cc1. The lowest BCUT2D eigenvalue weighted by Gasteiger charge is -2.13. The Labute approximate surface area is 144 Å². The third-order valence-electron chi connectivity index (χ3n) is 2.95. The third kappa shape index (κ3) is 5.33. The Kier molecular flexibility index (Phi) is 6.62. The van der Waals surface area contributed by atoms with Gasteiger partial charge in [-0.2, -0.15) is 0 Å². The fraction of sp³-hybridized carbons (Fsp3) is 0.294. The minimum atomic E-state index is 0.645. The molecule has 0 amide bonds. The standard InChI is InChI=1S/C17H19BrClNS/c1-12(2)10-20-11-13-4-3-5-16(19)17(13)21-15-8-6-14(18)7-9-15/h3-9,12,20H,10-11H2,1-2H3. The highest BCUT2D eigenvalue weighted by atomic mass is 79.9. The van der Waals surface area contributed by atoms with E-state index in [2.05, 4.69) is 65.4 Å². The van der Waals surface area contributed by atoms with Crippen LogP contribution in [0.3, 0.4) is 0 Å². The summed E-state index contributed by atoms with van der Waals surface area (Å²) < 4.78 is 1.09. The number of rotatable bonds is 6. The molecule has 0 fully saturated rings. The van der Waals surface area contributed by atoms with E-state index in [1.165, 1.54) is 10.5 Å². The van der Waals surface area contributed by atoms with E-state index in [1.54, 1.807) is 11.8 Å². The predicted molar refractivity (Wildman–Crippen MR) is 96.3 cm³/mol. The molecule has 0 spiro atoms. The molecule has 0 aliphatic heterocycles. The quantitative estimate of drug-likeness (QED) is 0.655. The summed E-state index contributed by atoms with van der Waals surface area (Å²) in [5.74, 6) is 0.645. The second kappa shape index (κ2) is 8.23. The van der Waals surface area contributed by atoms with Crippen molar-refractivity contribution in [1.82, 2.24) is 5.32 Å². The van der Waals surface area contributed by atoms with Gasteiger partial charge in [-0.1, -0.05) is 65.3 Å². The zero-order chi connectivity index (χ0) is 15.2. The molecular formula is C17H19BrClNS. The monoisotopic (exact) mass is 383 g/mol. The highest BCUT2D eigenvalue weighted by Gasteiger charge is 2.09. The summed E-state index contributed by atoms with van der Waals surface area (Å²) >= 11 is 11.6. The summed E-state index contributed by atoms with van der Waals surface area (Å²) in [7, 11) is 0. The van der Waals surface area contributed by atoms with Crippen LogP contribution in [0.25, 0.3) is 0 Å². The summed E-state index contributed by atoms with van der Waals surface area (Å²) in [6, 6.07) is 14.4. The Morgan fingerprint density at radius 1 is 1.14 bits per heavy atom. The van der Waals surface area contributed by atoms with E-state index in [0.29, 0.717) is 5.92 Å². The van der Waals surface area contributed by atoms with Gasteiger partial charge in [0, 0.05) is 20.8 Å². The maximum atomic E-state index is 6.39. The molecule has 4 heteroatoms. The van der Waals surface area contributed by atoms with E-state index >= 15 is 0 Å². The number of hydrogen-bond acceptors (Lipinski definition) is 2. The molecule has 0 saturated carbocycles. The van der Waals surface area contributed by atoms with Crippen LogP contribution >= 0.6 is 39.3 Å². The van der Waals surface area contributed by atoms with E-state index in [9.17, 15) is 0 Å². The minimum Gasteiger partial charge on any atom is -0.312 e. The molecule has 1 N–H and O–H groups in total. The van der Waals surface area contributed by atoms with Crippen molar-refractivity contribution in [3.63, 3.8) is 0 Å². The lowest BCUT2D eigenvalue weighted by Crippen LogP contribution is -2.19. The van der Waals surface area contributed by atoms with Gasteiger partial charge in [-0.05, 0) is 48.4 Å². The largest absolute Gasteiger partial charge is 0.312 e. The van der Waals surface area contributed by atoms with Crippen molar-refractivity contribution in [2.24, 2.45) is 5.92 Å². The zero-order valence-electron chi connectivity index (χ0n) is 12.2. The van der Waals surface area contributed by atoms with Crippen molar-refractivity contribution in [2.45, 2.75) is 30.2 Å². The third-order valence-corrected chi connectivity index (χ3v) is 5.10. The summed E-state index contributed by atoms with van der Waals surface area (Å²) in [6.45, 7) is 6.28. The molecule has 0 heterocycles. The normalized spacial score (nSPS) is 11.1. The molecule has 2 rings (SSSR count). The molecule has 0 aliphatic carbocycles. The van der Waals surface area contributed by atoms with Crippen molar-refractivity contribution >= 4 is 39.3 Å². The molecule has 0 aliphatic rings. The summed E-state index contributed by atoms with van der Waals surface area (Å²) in [5.41, 5.74) is 1.25. The van der Waals surface area contributed by atoms with E-state index in [1.807, 2.05) is 12.1 Å². The molecule has 21 heavy (non-hydrogen) atoms. The first-order valence-corrected chi connectivity index (χ1v) is 8.96. The maximum Gasteiger partial charge on any atom is 0.0548 e. The summed E-state index contributed by atoms with van der Waals surface area (Å²) in [5, 5.41) is 4.30. The van der Waals surface area contributed by atoms with Crippen LogP contribution in [0, 0.1) is 5.92 Å². The van der Waals surface area contributed by atoms with Gasteiger partial charge in [0.15, 0.2) is 0 Å². The Hall–Kier alpha value is -0.480. The predicted octanol–water partition coefficient (Wildman–Crippen LogP) is 6.00. The number of nitrogens with one attached hydrogen (secondary N) is 1. The molecule has 2 aromatic carbocycles. The Morgan fingerprint density at radius 2 is 1.86 bits per heavy atom. The first-order valence-electron chi connectivity index (χ1n) is 6.98. The first kappa shape index (κ1) is 16.9. The summed E-state index contributed by atoms with van der Waals surface area (Å²) in [4.78, 5) is 2.33. The molecule has 2 aromatic rings. The fourth-order valence-electron chi connectivity index (χ4n) is 1.92. The highest BCUT2D eigenvalue weighted by molar-refractivity contribution is 9.10. The van der Waals surface area contributed by atoms with Crippen molar-refractivity contribution in [3.8, 4) is 0 Å². The van der Waals surface area contributed by atoms with E-state index in [0.717, 1.165) is 27.5 Å². The lowest BCUT2D eigenvalue weighted by molar-refractivity contribution is 0.550. The zero-order valence-corrected chi connectivity index (χ0v) is 15.4. The highest BCUT2D eigenvalue weighted by Crippen LogP contribution is 2.36. The van der Waals surface area contributed by atoms with Gasteiger partial charge in [-0.15, -0.1) is 0 Å². The van der Waals surface area contributed by atoms with Gasteiger partial charge in [-0.3, -0.25) is 0 Å². The summed E-state index contributed by atoms with van der Waals surface area (Å²) in [6.07, 6.45) is 0. The van der Waals surface area contributed by atoms with Crippen LogP contribution in [-0.2, 0) is 6.54 Å². The molecule has 0 bridgehead atoms. The number of halogens is 2. The molecule has 0 saturated heterocycles.